The van der Waals surface area contributed by atoms with E-state index in [4.69, 9.17) is 0 Å². The summed E-state index contributed by atoms with van der Waals surface area (Å²) < 4.78 is 0. The van der Waals surface area contributed by atoms with Crippen LogP contribution >= 0.6 is 0 Å². The Balaban J connectivity index is 2.18. The van der Waals surface area contributed by atoms with Crippen molar-refractivity contribution in [3.8, 4) is 6.07 Å². The zero-order chi connectivity index (χ0) is 16.6. The molecule has 0 saturated carbocycles. The molecule has 2 nitrogen and oxygen atoms in total. The van der Waals surface area contributed by atoms with Gasteiger partial charge in [0, 0.05) is 5.56 Å². The van der Waals surface area contributed by atoms with Gasteiger partial charge in [-0.2, -0.15) is 5.26 Å². The lowest BCUT2D eigenvalue weighted by atomic mass is 9.85. The Kier molecular flexibility index (Phi) is 3.66. The number of rotatable bonds is 2. The van der Waals surface area contributed by atoms with Gasteiger partial charge in [0.2, 0.25) is 5.78 Å². The molecule has 0 spiro atoms. The van der Waals surface area contributed by atoms with Crippen LogP contribution in [0.2, 0.25) is 0 Å². The SMILES string of the molecule is Cc1ccc2c(c1)C(C)(C)CC2=C(C#N)C(=O)c1ccccc1. The number of carbonyl (C=O) groups is 1. The van der Waals surface area contributed by atoms with E-state index in [1.54, 1.807) is 12.1 Å². The summed E-state index contributed by atoms with van der Waals surface area (Å²) in [5.41, 5.74) is 5.12. The molecule has 1 aliphatic carbocycles. The highest BCUT2D eigenvalue weighted by Crippen LogP contribution is 2.47. The first kappa shape index (κ1) is 15.2. The third-order valence-corrected chi connectivity index (χ3v) is 4.52. The summed E-state index contributed by atoms with van der Waals surface area (Å²) >= 11 is 0. The predicted octanol–water partition coefficient (Wildman–Crippen LogP) is 4.84. The standard InChI is InChI=1S/C21H19NO/c1-14-9-10-16-17(12-21(2,3)19(16)11-14)18(13-22)20(23)15-7-5-4-6-8-15/h4-11H,12H2,1-3H3. The molecule has 1 aliphatic rings. The minimum Gasteiger partial charge on any atom is -0.288 e. The Bertz CT molecular complexity index is 851. The second-order valence-corrected chi connectivity index (χ2v) is 6.77. The molecular formula is C21H19NO. The maximum atomic E-state index is 12.8. The Hall–Kier alpha value is -2.66. The molecular weight excluding hydrogens is 282 g/mol. The van der Waals surface area contributed by atoms with E-state index < -0.39 is 0 Å². The predicted molar refractivity (Wildman–Crippen MR) is 92.1 cm³/mol. The molecule has 2 aromatic rings. The van der Waals surface area contributed by atoms with Crippen molar-refractivity contribution in [1.29, 1.82) is 5.26 Å². The van der Waals surface area contributed by atoms with Crippen molar-refractivity contribution in [3.05, 3.63) is 76.4 Å². The number of nitrogens with zero attached hydrogens (tertiary/aromatic N) is 1. The summed E-state index contributed by atoms with van der Waals surface area (Å²) in [5, 5.41) is 9.64. The summed E-state index contributed by atoms with van der Waals surface area (Å²) in [5.74, 6) is -0.188. The van der Waals surface area contributed by atoms with Gasteiger partial charge < -0.3 is 0 Å². The molecule has 114 valence electrons. The van der Waals surface area contributed by atoms with E-state index in [9.17, 15) is 10.1 Å². The van der Waals surface area contributed by atoms with Crippen molar-refractivity contribution in [2.45, 2.75) is 32.6 Å². The monoisotopic (exact) mass is 301 g/mol. The number of allylic oxidation sites excluding steroid dienone is 2. The van der Waals surface area contributed by atoms with Crippen LogP contribution < -0.4 is 0 Å². The van der Waals surface area contributed by atoms with Crippen LogP contribution in [0.4, 0.5) is 0 Å². The topological polar surface area (TPSA) is 40.9 Å². The molecule has 0 fully saturated rings. The van der Waals surface area contributed by atoms with Crippen molar-refractivity contribution < 1.29 is 4.79 Å². The summed E-state index contributed by atoms with van der Waals surface area (Å²) in [6.07, 6.45) is 0.716. The fraction of sp³-hybridized carbons (Fsp3) is 0.238. The Labute approximate surface area is 137 Å². The number of benzene rings is 2. The number of hydrogen-bond acceptors (Lipinski definition) is 2. The van der Waals surface area contributed by atoms with Crippen molar-refractivity contribution in [2.75, 3.05) is 0 Å². The van der Waals surface area contributed by atoms with E-state index in [0.717, 1.165) is 11.1 Å². The molecule has 2 heteroatoms. The highest BCUT2D eigenvalue weighted by atomic mass is 16.1. The van der Waals surface area contributed by atoms with Crippen molar-refractivity contribution in [2.24, 2.45) is 0 Å². The number of carbonyl (C=O) groups excluding carboxylic acids is 1. The van der Waals surface area contributed by atoms with E-state index in [-0.39, 0.29) is 16.8 Å². The second-order valence-electron chi connectivity index (χ2n) is 6.77. The summed E-state index contributed by atoms with van der Waals surface area (Å²) in [6, 6.07) is 17.5. The van der Waals surface area contributed by atoms with E-state index in [0.29, 0.717) is 12.0 Å². The molecule has 0 atom stereocenters. The van der Waals surface area contributed by atoms with E-state index >= 15 is 0 Å². The largest absolute Gasteiger partial charge is 0.288 e. The lowest BCUT2D eigenvalue weighted by molar-refractivity contribution is 0.103. The minimum absolute atomic E-state index is 0.0598. The molecule has 3 rings (SSSR count). The number of Topliss-reactive ketones (excluding diaryl/α,β-unsaturated/α-hetero) is 1. The minimum atomic E-state index is -0.188. The molecule has 0 N–H and O–H groups in total. The average molecular weight is 301 g/mol. The zero-order valence-corrected chi connectivity index (χ0v) is 13.7. The molecule has 0 amide bonds. The van der Waals surface area contributed by atoms with Crippen molar-refractivity contribution in [1.82, 2.24) is 0 Å². The smallest absolute Gasteiger partial charge is 0.203 e. The van der Waals surface area contributed by atoms with Gasteiger partial charge >= 0.3 is 0 Å². The fourth-order valence-corrected chi connectivity index (χ4v) is 3.33. The highest BCUT2D eigenvalue weighted by molar-refractivity contribution is 6.16. The van der Waals surface area contributed by atoms with Crippen LogP contribution in [0.3, 0.4) is 0 Å². The number of nitriles is 1. The lowest BCUT2D eigenvalue weighted by Crippen LogP contribution is -2.12. The van der Waals surface area contributed by atoms with Crippen LogP contribution in [0.1, 0.15) is 47.3 Å². The van der Waals surface area contributed by atoms with Crippen LogP contribution in [0.15, 0.2) is 54.1 Å². The molecule has 0 saturated heterocycles. The maximum absolute atomic E-state index is 12.8. The van der Waals surface area contributed by atoms with Gasteiger partial charge in [-0.25, -0.2) is 0 Å². The average Bonchev–Trinajstić information content (AvgIpc) is 2.80. The number of ketones is 1. The van der Waals surface area contributed by atoms with Gasteiger partial charge in [0.1, 0.15) is 11.6 Å². The van der Waals surface area contributed by atoms with Gasteiger partial charge in [-0.15, -0.1) is 0 Å². The lowest BCUT2D eigenvalue weighted by Gasteiger charge is -2.18. The third-order valence-electron chi connectivity index (χ3n) is 4.52. The maximum Gasteiger partial charge on any atom is 0.203 e. The van der Waals surface area contributed by atoms with Crippen LogP contribution in [0.5, 0.6) is 0 Å². The van der Waals surface area contributed by atoms with Gasteiger partial charge in [-0.3, -0.25) is 4.79 Å². The summed E-state index contributed by atoms with van der Waals surface area (Å²) in [6.45, 7) is 6.40. The Morgan fingerprint density at radius 2 is 1.83 bits per heavy atom. The molecule has 0 bridgehead atoms. The van der Waals surface area contributed by atoms with Crippen LogP contribution in [0, 0.1) is 18.3 Å². The number of fused-ring (bicyclic) bond motifs is 1. The number of hydrogen-bond donors (Lipinski definition) is 0. The molecule has 0 aromatic heterocycles. The Morgan fingerprint density at radius 1 is 1.13 bits per heavy atom. The van der Waals surface area contributed by atoms with Crippen LogP contribution in [-0.2, 0) is 5.41 Å². The van der Waals surface area contributed by atoms with Crippen LogP contribution in [-0.4, -0.2) is 5.78 Å². The molecule has 0 unspecified atom stereocenters. The first-order valence-corrected chi connectivity index (χ1v) is 7.78. The molecule has 23 heavy (non-hydrogen) atoms. The fourth-order valence-electron chi connectivity index (χ4n) is 3.33. The van der Waals surface area contributed by atoms with E-state index in [1.807, 2.05) is 30.3 Å². The van der Waals surface area contributed by atoms with Gasteiger partial charge in [0.25, 0.3) is 0 Å². The molecule has 2 aromatic carbocycles. The summed E-state index contributed by atoms with van der Waals surface area (Å²) in [4.78, 5) is 12.8. The third kappa shape index (κ3) is 2.59. The van der Waals surface area contributed by atoms with Crippen molar-refractivity contribution >= 4 is 11.4 Å². The second kappa shape index (κ2) is 5.52. The molecule has 0 heterocycles. The van der Waals surface area contributed by atoms with Gasteiger partial charge in [-0.1, -0.05) is 67.9 Å². The van der Waals surface area contributed by atoms with Crippen LogP contribution in [0.25, 0.3) is 5.57 Å². The molecule has 0 radical (unpaired) electrons. The van der Waals surface area contributed by atoms with E-state index in [2.05, 4.69) is 32.9 Å². The first-order valence-electron chi connectivity index (χ1n) is 7.78. The van der Waals surface area contributed by atoms with Gasteiger partial charge in [0.05, 0.1) is 0 Å². The normalized spacial score (nSPS) is 17.3. The first-order chi connectivity index (χ1) is 10.9. The molecule has 0 aliphatic heterocycles. The van der Waals surface area contributed by atoms with Gasteiger partial charge in [-0.05, 0) is 35.5 Å². The zero-order valence-electron chi connectivity index (χ0n) is 13.7. The summed E-state index contributed by atoms with van der Waals surface area (Å²) in [7, 11) is 0. The quantitative estimate of drug-likeness (QED) is 0.452. The number of aryl methyl sites for hydroxylation is 1. The highest BCUT2D eigenvalue weighted by Gasteiger charge is 2.36. The Morgan fingerprint density at radius 3 is 2.48 bits per heavy atom. The van der Waals surface area contributed by atoms with Gasteiger partial charge in [0.15, 0.2) is 0 Å². The van der Waals surface area contributed by atoms with E-state index in [1.165, 1.54) is 11.1 Å². The van der Waals surface area contributed by atoms with Crippen molar-refractivity contribution in [3.63, 3.8) is 0 Å².